The molecule has 0 amide bonds. The number of thioether (sulfide) groups is 1. The summed E-state index contributed by atoms with van der Waals surface area (Å²) in [6, 6.07) is 4.78. The lowest BCUT2D eigenvalue weighted by Gasteiger charge is -2.15. The molecule has 0 spiro atoms. The molecule has 0 radical (unpaired) electrons. The van der Waals surface area contributed by atoms with E-state index in [9.17, 15) is 4.39 Å². The summed E-state index contributed by atoms with van der Waals surface area (Å²) >= 11 is 1.82. The fourth-order valence-corrected chi connectivity index (χ4v) is 2.36. The number of nitrogens with two attached hydrogens (primary N) is 1. The van der Waals surface area contributed by atoms with Crippen LogP contribution in [-0.2, 0) is 0 Å². The van der Waals surface area contributed by atoms with Gasteiger partial charge in [-0.2, -0.15) is 11.8 Å². The maximum Gasteiger partial charge on any atom is 0.165 e. The van der Waals surface area contributed by atoms with Crippen molar-refractivity contribution in [2.24, 2.45) is 5.73 Å². The van der Waals surface area contributed by atoms with E-state index in [-0.39, 0.29) is 17.6 Å². The summed E-state index contributed by atoms with van der Waals surface area (Å²) in [5, 5.41) is 0.587. The first kappa shape index (κ1) is 14.3. The fraction of sp³-hybridized carbons (Fsp3) is 0.538. The number of benzene rings is 1. The second-order valence-electron chi connectivity index (χ2n) is 4.05. The summed E-state index contributed by atoms with van der Waals surface area (Å²) in [4.78, 5) is 0. The van der Waals surface area contributed by atoms with E-state index < -0.39 is 0 Å². The van der Waals surface area contributed by atoms with Crippen LogP contribution in [0.5, 0.6) is 5.75 Å². The van der Waals surface area contributed by atoms with E-state index in [0.717, 1.165) is 17.7 Å². The van der Waals surface area contributed by atoms with Gasteiger partial charge in [-0.3, -0.25) is 0 Å². The normalized spacial score (nSPS) is 14.4. The average molecular weight is 257 g/mol. The highest BCUT2D eigenvalue weighted by molar-refractivity contribution is 7.99. The molecular weight excluding hydrogens is 237 g/mol. The average Bonchev–Trinajstić information content (AvgIpc) is 2.35. The third-order valence-corrected chi connectivity index (χ3v) is 4.19. The van der Waals surface area contributed by atoms with Gasteiger partial charge in [0.25, 0.3) is 0 Å². The minimum Gasteiger partial charge on any atom is -0.494 e. The molecular formula is C13H20FNOS. The number of halogens is 1. The van der Waals surface area contributed by atoms with Crippen LogP contribution in [0.15, 0.2) is 18.2 Å². The highest BCUT2D eigenvalue weighted by Gasteiger charge is 2.11. The summed E-state index contributed by atoms with van der Waals surface area (Å²) in [5.74, 6) is 0.713. The summed E-state index contributed by atoms with van der Waals surface area (Å²) in [7, 11) is 1.46. The van der Waals surface area contributed by atoms with E-state index in [1.807, 2.05) is 17.8 Å². The molecule has 17 heavy (non-hydrogen) atoms. The Bertz CT molecular complexity index is 359. The lowest BCUT2D eigenvalue weighted by atomic mass is 10.1. The largest absolute Gasteiger partial charge is 0.494 e. The van der Waals surface area contributed by atoms with Crippen LogP contribution >= 0.6 is 11.8 Å². The molecule has 1 aromatic carbocycles. The third kappa shape index (κ3) is 4.21. The minimum atomic E-state index is -0.353. The zero-order chi connectivity index (χ0) is 12.8. The Morgan fingerprint density at radius 3 is 2.71 bits per heavy atom. The molecule has 2 unspecified atom stereocenters. The van der Waals surface area contributed by atoms with Crippen molar-refractivity contribution in [3.8, 4) is 5.75 Å². The predicted molar refractivity (Wildman–Crippen MR) is 72.1 cm³/mol. The summed E-state index contributed by atoms with van der Waals surface area (Å²) < 4.78 is 18.4. The van der Waals surface area contributed by atoms with Gasteiger partial charge in [-0.05, 0) is 24.1 Å². The molecule has 0 aliphatic heterocycles. The second kappa shape index (κ2) is 6.87. The van der Waals surface area contributed by atoms with Crippen molar-refractivity contribution < 1.29 is 9.13 Å². The summed E-state index contributed by atoms with van der Waals surface area (Å²) in [6.45, 7) is 4.32. The molecule has 4 heteroatoms. The van der Waals surface area contributed by atoms with E-state index in [1.54, 1.807) is 6.07 Å². The van der Waals surface area contributed by atoms with Crippen LogP contribution in [-0.4, -0.2) is 18.1 Å². The van der Waals surface area contributed by atoms with Crippen LogP contribution in [0.1, 0.15) is 31.9 Å². The van der Waals surface area contributed by atoms with Crippen LogP contribution in [0.4, 0.5) is 4.39 Å². The molecule has 1 aromatic rings. The summed E-state index contributed by atoms with van der Waals surface area (Å²) in [5.41, 5.74) is 6.85. The fourth-order valence-electron chi connectivity index (χ4n) is 1.40. The lowest BCUT2D eigenvalue weighted by molar-refractivity contribution is 0.386. The molecule has 0 aliphatic carbocycles. The third-order valence-electron chi connectivity index (χ3n) is 2.74. The maximum absolute atomic E-state index is 13.5. The standard InChI is InChI=1S/C13H20FNOS/c1-4-9(2)17-8-12(15)10-5-6-13(16-3)11(14)7-10/h5-7,9,12H,4,8,15H2,1-3H3. The quantitative estimate of drug-likeness (QED) is 0.848. The lowest BCUT2D eigenvalue weighted by Crippen LogP contribution is -2.15. The van der Waals surface area contributed by atoms with Gasteiger partial charge in [0.1, 0.15) is 0 Å². The zero-order valence-electron chi connectivity index (χ0n) is 10.6. The van der Waals surface area contributed by atoms with E-state index in [2.05, 4.69) is 13.8 Å². The van der Waals surface area contributed by atoms with Gasteiger partial charge >= 0.3 is 0 Å². The Kier molecular flexibility index (Phi) is 5.78. The second-order valence-corrected chi connectivity index (χ2v) is 5.52. The Balaban J connectivity index is 2.63. The van der Waals surface area contributed by atoms with Crippen LogP contribution in [0.25, 0.3) is 0 Å². The van der Waals surface area contributed by atoms with Gasteiger partial charge < -0.3 is 10.5 Å². The molecule has 0 aliphatic rings. The van der Waals surface area contributed by atoms with Crippen molar-refractivity contribution in [1.82, 2.24) is 0 Å². The number of methoxy groups -OCH3 is 1. The zero-order valence-corrected chi connectivity index (χ0v) is 11.4. The van der Waals surface area contributed by atoms with Crippen molar-refractivity contribution in [2.75, 3.05) is 12.9 Å². The number of ether oxygens (including phenoxy) is 1. The van der Waals surface area contributed by atoms with E-state index >= 15 is 0 Å². The van der Waals surface area contributed by atoms with E-state index in [0.29, 0.717) is 5.25 Å². The predicted octanol–water partition coefficient (Wildman–Crippen LogP) is 3.37. The molecule has 0 aromatic heterocycles. The Morgan fingerprint density at radius 1 is 1.47 bits per heavy atom. The Morgan fingerprint density at radius 2 is 2.18 bits per heavy atom. The highest BCUT2D eigenvalue weighted by atomic mass is 32.2. The molecule has 96 valence electrons. The molecule has 0 saturated heterocycles. The highest BCUT2D eigenvalue weighted by Crippen LogP contribution is 2.24. The van der Waals surface area contributed by atoms with Crippen LogP contribution in [0.3, 0.4) is 0 Å². The van der Waals surface area contributed by atoms with Crippen molar-refractivity contribution in [3.63, 3.8) is 0 Å². The number of hydrogen-bond donors (Lipinski definition) is 1. The van der Waals surface area contributed by atoms with Gasteiger partial charge in [-0.15, -0.1) is 0 Å². The monoisotopic (exact) mass is 257 g/mol. The summed E-state index contributed by atoms with van der Waals surface area (Å²) in [6.07, 6.45) is 1.12. The molecule has 0 saturated carbocycles. The molecule has 1 rings (SSSR count). The Labute approximate surface area is 107 Å². The Hall–Kier alpha value is -0.740. The van der Waals surface area contributed by atoms with Gasteiger partial charge in [0.2, 0.25) is 0 Å². The molecule has 2 atom stereocenters. The van der Waals surface area contributed by atoms with Gasteiger partial charge in [-0.25, -0.2) is 4.39 Å². The smallest absolute Gasteiger partial charge is 0.165 e. The van der Waals surface area contributed by atoms with Crippen LogP contribution in [0, 0.1) is 5.82 Å². The first-order valence-corrected chi connectivity index (χ1v) is 6.84. The number of hydrogen-bond acceptors (Lipinski definition) is 3. The first-order valence-electron chi connectivity index (χ1n) is 5.79. The van der Waals surface area contributed by atoms with E-state index in [4.69, 9.17) is 10.5 Å². The molecule has 0 heterocycles. The maximum atomic E-state index is 13.5. The van der Waals surface area contributed by atoms with Gasteiger partial charge in [0.15, 0.2) is 11.6 Å². The van der Waals surface area contributed by atoms with Crippen molar-refractivity contribution >= 4 is 11.8 Å². The van der Waals surface area contributed by atoms with Crippen LogP contribution in [0.2, 0.25) is 0 Å². The molecule has 2 N–H and O–H groups in total. The SMILES string of the molecule is CCC(C)SCC(N)c1ccc(OC)c(F)c1. The van der Waals surface area contributed by atoms with E-state index in [1.165, 1.54) is 13.2 Å². The van der Waals surface area contributed by atoms with Gasteiger partial charge in [0.05, 0.1) is 7.11 Å². The van der Waals surface area contributed by atoms with Crippen molar-refractivity contribution in [3.05, 3.63) is 29.6 Å². The first-order chi connectivity index (χ1) is 8.08. The minimum absolute atomic E-state index is 0.130. The number of rotatable bonds is 6. The van der Waals surface area contributed by atoms with Crippen molar-refractivity contribution in [1.29, 1.82) is 0 Å². The topological polar surface area (TPSA) is 35.2 Å². The van der Waals surface area contributed by atoms with Gasteiger partial charge in [0, 0.05) is 17.0 Å². The van der Waals surface area contributed by atoms with Crippen molar-refractivity contribution in [2.45, 2.75) is 31.6 Å². The van der Waals surface area contributed by atoms with Gasteiger partial charge in [-0.1, -0.05) is 19.9 Å². The molecule has 2 nitrogen and oxygen atoms in total. The molecule has 0 fully saturated rings. The molecule has 0 bridgehead atoms. The van der Waals surface area contributed by atoms with Crippen LogP contribution < -0.4 is 10.5 Å².